The molecule has 0 spiro atoms. The number of carboxylic acid groups (broad SMARTS) is 1. The van der Waals surface area contributed by atoms with Crippen LogP contribution >= 0.6 is 88.5 Å². The third kappa shape index (κ3) is 17.8. The Balaban J connectivity index is 0.000000136. The van der Waals surface area contributed by atoms with Gasteiger partial charge in [-0.05, 0) is 117 Å². The lowest BCUT2D eigenvalue weighted by atomic mass is 9.91. The summed E-state index contributed by atoms with van der Waals surface area (Å²) in [4.78, 5) is 107. The van der Waals surface area contributed by atoms with Gasteiger partial charge < -0.3 is 15.3 Å². The standard InChI is InChI=1S/C17H19BrN6OS.C16H14BrF3N6OS.C13H15N3O2S.C12H13N3O3S.C10H11N3O2S/c1-9-10(2)26-16(20-9)12-8-19-23(3)15(12)13(25)6-11-4-5-24-14(7-11)21-17(18)22-24;1-25-13(9(6-21-25)14-22-11(7-28-14)16(18,19)20)10(27)4-8-2-3-26-12(5-8)23-15(17)24-26;1-7-12(8-3-4-8)19-13(15-7)9-5-14-16(2)11(9)10(18)6-17;1-6(17)12-10(14-7(2)19-12)8-4-13-15(3)11(8)9(18)5-16;1-5-6(2)16-9(12-5)7-4-11-13(3)8(7)10(14)15/h8,11H,4-7H2,1-3H3;6-8H,2-5H2,1H3;5,8,17H,3-4,6H2,1-2H3;4,16H,5H2,1-3H3;4H,1-3H3,(H,14,15). The van der Waals surface area contributed by atoms with E-state index in [2.05, 4.69) is 102 Å². The van der Waals surface area contributed by atoms with Crippen molar-refractivity contribution in [3.63, 3.8) is 0 Å². The van der Waals surface area contributed by atoms with Crippen LogP contribution in [-0.4, -0.2) is 167 Å². The maximum absolute atomic E-state index is 13.1. The zero-order chi connectivity index (χ0) is 78.1. The molecule has 40 heteroatoms. The highest BCUT2D eigenvalue weighted by molar-refractivity contribution is 9.10. The Kier molecular flexibility index (Phi) is 24.8. The molecule has 0 radical (unpaired) electrons. The summed E-state index contributed by atoms with van der Waals surface area (Å²) in [6, 6.07) is 0. The molecular formula is C68H72Br2F3N21O9S5. The second-order valence-electron chi connectivity index (χ2n) is 25.7. The van der Waals surface area contributed by atoms with E-state index in [-0.39, 0.29) is 63.5 Å². The van der Waals surface area contributed by atoms with Crippen LogP contribution in [0.2, 0.25) is 0 Å². The SMILES string of the molecule is CC(=O)c1sc(C)nc1-c1cnn(C)c1C(=O)CO.Cc1nc(-c2cnn(C)c2C(=O)CC2CCn3nc(Br)nc3C2)sc1C.Cc1nc(-c2cnn(C)c2C(=O)CO)sc1C1CC1.Cc1nc(-c2cnn(C)c2C(=O)O)sc1C.Cn1ncc(-c2nc(C(F)(F)F)cs2)c1C(=O)CC1CCn2nc(Br)nc2C1. The number of Topliss-reactive ketones (excluding diaryl/α,β-unsaturated/α-hetero) is 5. The summed E-state index contributed by atoms with van der Waals surface area (Å²) in [5.41, 5.74) is 7.21. The number of hydrogen-bond acceptors (Lipinski definition) is 27. The van der Waals surface area contributed by atoms with E-state index >= 15 is 0 Å². The zero-order valence-corrected chi connectivity index (χ0v) is 67.5. The Morgan fingerprint density at radius 3 is 1.31 bits per heavy atom. The van der Waals surface area contributed by atoms with Gasteiger partial charge in [0.1, 0.15) is 67.7 Å². The first kappa shape index (κ1) is 80.0. The largest absolute Gasteiger partial charge is 0.477 e. The number of rotatable bonds is 18. The highest BCUT2D eigenvalue weighted by Gasteiger charge is 2.36. The maximum Gasteiger partial charge on any atom is 0.434 e. The van der Waals surface area contributed by atoms with Gasteiger partial charge in [-0.1, -0.05) is 0 Å². The summed E-state index contributed by atoms with van der Waals surface area (Å²) in [6.45, 7) is 13.5. The highest BCUT2D eigenvalue weighted by Crippen LogP contribution is 2.46. The maximum atomic E-state index is 13.1. The molecule has 14 heterocycles. The minimum absolute atomic E-state index is 0.0841. The van der Waals surface area contributed by atoms with E-state index in [9.17, 15) is 41.9 Å². The Morgan fingerprint density at radius 2 is 0.907 bits per heavy atom. The molecule has 2 unspecified atom stereocenters. The first-order valence-electron chi connectivity index (χ1n) is 33.5. The molecule has 30 nitrogen and oxygen atoms in total. The van der Waals surface area contributed by atoms with Crippen LogP contribution in [0.5, 0.6) is 0 Å². The molecule has 12 aromatic heterocycles. The number of ketones is 5. The van der Waals surface area contributed by atoms with Crippen molar-refractivity contribution in [2.45, 2.75) is 125 Å². The molecule has 3 N–H and O–H groups in total. The molecule has 1 aliphatic carbocycles. The summed E-state index contributed by atoms with van der Waals surface area (Å²) in [6.07, 6.45) is 9.61. The van der Waals surface area contributed by atoms with Crippen molar-refractivity contribution in [2.24, 2.45) is 47.1 Å². The van der Waals surface area contributed by atoms with Gasteiger partial charge in [0, 0.05) is 101 Å². The van der Waals surface area contributed by atoms with E-state index in [0.29, 0.717) is 78.4 Å². The molecule has 0 bridgehead atoms. The normalized spacial score (nSPS) is 14.5. The van der Waals surface area contributed by atoms with Gasteiger partial charge in [-0.3, -0.25) is 47.4 Å². The minimum atomic E-state index is -4.52. The number of fused-ring (bicyclic) bond motifs is 2. The van der Waals surface area contributed by atoms with Crippen molar-refractivity contribution in [3.05, 3.63) is 133 Å². The number of hydrogen-bond donors (Lipinski definition) is 3. The lowest BCUT2D eigenvalue weighted by Crippen LogP contribution is -2.23. The van der Waals surface area contributed by atoms with Crippen LogP contribution in [-0.2, 0) is 67.3 Å². The monoisotopic (exact) mass is 1700 g/mol. The van der Waals surface area contributed by atoms with Crippen LogP contribution < -0.4 is 0 Å². The fourth-order valence-corrected chi connectivity index (χ4v) is 17.8. The zero-order valence-electron chi connectivity index (χ0n) is 60.3. The number of alkyl halides is 3. The fourth-order valence-electron chi connectivity index (χ4n) is 12.3. The predicted octanol–water partition coefficient (Wildman–Crippen LogP) is 12.1. The minimum Gasteiger partial charge on any atom is -0.477 e. The smallest absolute Gasteiger partial charge is 0.434 e. The van der Waals surface area contributed by atoms with Crippen LogP contribution in [0.25, 0.3) is 53.5 Å². The summed E-state index contributed by atoms with van der Waals surface area (Å²) in [7, 11) is 8.34. The van der Waals surface area contributed by atoms with Crippen molar-refractivity contribution < 1.29 is 57.3 Å². The lowest BCUT2D eigenvalue weighted by Gasteiger charge is -2.21. The third-order valence-electron chi connectivity index (χ3n) is 17.9. The van der Waals surface area contributed by atoms with Gasteiger partial charge in [0.05, 0.1) is 91.5 Å². The number of carbonyl (C=O) groups is 6. The Labute approximate surface area is 651 Å². The second-order valence-corrected chi connectivity index (χ2v) is 32.6. The third-order valence-corrected chi connectivity index (χ3v) is 24.1. The van der Waals surface area contributed by atoms with E-state index in [1.165, 1.54) is 83.3 Å². The van der Waals surface area contributed by atoms with Crippen molar-refractivity contribution in [2.75, 3.05) is 13.2 Å². The van der Waals surface area contributed by atoms with Gasteiger partial charge >= 0.3 is 12.1 Å². The topological polar surface area (TPSA) is 378 Å². The molecule has 2 aliphatic heterocycles. The number of carboxylic acids is 1. The van der Waals surface area contributed by atoms with E-state index in [0.717, 1.165) is 102 Å². The predicted molar refractivity (Wildman–Crippen MR) is 404 cm³/mol. The summed E-state index contributed by atoms with van der Waals surface area (Å²) in [5.74, 6) is 0.847. The van der Waals surface area contributed by atoms with Crippen LogP contribution in [0.4, 0.5) is 13.2 Å². The summed E-state index contributed by atoms with van der Waals surface area (Å²) < 4.78 is 50.7. The van der Waals surface area contributed by atoms with Crippen molar-refractivity contribution in [3.8, 4) is 53.5 Å². The van der Waals surface area contributed by atoms with Crippen LogP contribution in [0.1, 0.15) is 168 Å². The number of thiazole rings is 5. The number of aliphatic hydroxyl groups is 2. The number of aromatic nitrogens is 21. The first-order chi connectivity index (χ1) is 51.2. The average Bonchev–Trinajstić information content (AvgIpc) is 1.66. The van der Waals surface area contributed by atoms with Gasteiger partial charge in [-0.2, -0.15) is 38.7 Å². The Bertz CT molecular complexity index is 5350. The number of halogens is 5. The Morgan fingerprint density at radius 1 is 0.509 bits per heavy atom. The van der Waals surface area contributed by atoms with E-state index in [1.807, 2.05) is 51.0 Å². The molecule has 0 aromatic carbocycles. The van der Waals surface area contributed by atoms with Gasteiger partial charge in [0.2, 0.25) is 21.0 Å². The van der Waals surface area contributed by atoms with Crippen molar-refractivity contribution in [1.82, 2.24) is 103 Å². The lowest BCUT2D eigenvalue weighted by molar-refractivity contribution is -0.140. The van der Waals surface area contributed by atoms with E-state index in [1.54, 1.807) is 81.1 Å². The summed E-state index contributed by atoms with van der Waals surface area (Å²) in [5, 5.41) is 60.4. The molecule has 12 aromatic rings. The highest BCUT2D eigenvalue weighted by atomic mass is 79.9. The van der Waals surface area contributed by atoms with Crippen molar-refractivity contribution >= 4 is 123 Å². The Hall–Kier alpha value is -9.03. The second kappa shape index (κ2) is 33.4. The molecular weight excluding hydrogens is 1630 g/mol. The molecule has 1 fully saturated rings. The quantitative estimate of drug-likeness (QED) is 0.0672. The van der Waals surface area contributed by atoms with Crippen LogP contribution in [0, 0.1) is 53.4 Å². The van der Waals surface area contributed by atoms with Crippen molar-refractivity contribution in [1.29, 1.82) is 0 Å². The summed E-state index contributed by atoms with van der Waals surface area (Å²) >= 11 is 13.4. The first-order valence-corrected chi connectivity index (χ1v) is 39.2. The number of aromatic carboxylic acids is 1. The number of nitrogens with zero attached hydrogens (tertiary/aromatic N) is 21. The van der Waals surface area contributed by atoms with E-state index in [4.69, 9.17) is 15.3 Å². The molecule has 0 saturated heterocycles. The van der Waals surface area contributed by atoms with Gasteiger partial charge in [-0.15, -0.1) is 66.9 Å². The number of aliphatic hydroxyl groups excluding tert-OH is 2. The molecule has 2 atom stereocenters. The molecule has 108 heavy (non-hydrogen) atoms. The molecule has 3 aliphatic rings. The van der Waals surface area contributed by atoms with E-state index < -0.39 is 36.8 Å². The van der Waals surface area contributed by atoms with Gasteiger partial charge in [0.25, 0.3) is 0 Å². The van der Waals surface area contributed by atoms with Crippen LogP contribution in [0.15, 0.2) is 45.8 Å². The number of aryl methyl sites for hydroxylation is 13. The average molecular weight is 1700 g/mol. The van der Waals surface area contributed by atoms with Crippen LogP contribution in [0.3, 0.4) is 0 Å². The molecule has 568 valence electrons. The molecule has 1 saturated carbocycles. The molecule has 0 amide bonds. The molecule has 15 rings (SSSR count). The fraction of sp³-hybridized carbons (Fsp3) is 0.412. The number of carbonyl (C=O) groups excluding carboxylic acids is 5. The van der Waals surface area contributed by atoms with Gasteiger partial charge in [0.15, 0.2) is 28.7 Å². The van der Waals surface area contributed by atoms with Gasteiger partial charge in [-0.25, -0.2) is 49.0 Å².